The molecule has 76 valence electrons. The van der Waals surface area contributed by atoms with E-state index in [0.29, 0.717) is 0 Å². The highest BCUT2D eigenvalue weighted by Gasteiger charge is 2.07. The molecule has 0 saturated carbocycles. The first-order chi connectivity index (χ1) is 6.59. The number of halogens is 1. The van der Waals surface area contributed by atoms with Crippen LogP contribution in [-0.4, -0.2) is 28.6 Å². The Morgan fingerprint density at radius 1 is 1.71 bits per heavy atom. The number of carbonyl (C=O) groups excluding carboxylic acids is 1. The summed E-state index contributed by atoms with van der Waals surface area (Å²) in [6.45, 7) is 1.70. The fraction of sp³-hybridized carbons (Fsp3) is 0.333. The summed E-state index contributed by atoms with van der Waals surface area (Å²) < 4.78 is 12.4. The topological polar surface area (TPSA) is 62.2 Å². The number of rotatable bonds is 3. The number of carbonyl (C=O) groups is 1. The van der Waals surface area contributed by atoms with Gasteiger partial charge in [-0.3, -0.25) is 4.79 Å². The van der Waals surface area contributed by atoms with Gasteiger partial charge < -0.3 is 10.4 Å². The van der Waals surface area contributed by atoms with Crippen molar-refractivity contribution >= 4 is 5.91 Å². The SMILES string of the molecule is C[C@H](O)CNC(=O)c1ccc(F)cn1. The molecule has 0 aliphatic heterocycles. The molecule has 4 nitrogen and oxygen atoms in total. The predicted octanol–water partition coefficient (Wildman–Crippen LogP) is 0.331. The molecule has 2 N–H and O–H groups in total. The van der Waals surface area contributed by atoms with Crippen molar-refractivity contribution in [3.8, 4) is 0 Å². The molecule has 1 rings (SSSR count). The summed E-state index contributed by atoms with van der Waals surface area (Å²) >= 11 is 0. The standard InChI is InChI=1S/C9H11FN2O2/c1-6(13)4-12-9(14)8-3-2-7(10)5-11-8/h2-3,5-6,13H,4H2,1H3,(H,12,14)/t6-/m0/s1. The summed E-state index contributed by atoms with van der Waals surface area (Å²) in [7, 11) is 0. The van der Waals surface area contributed by atoms with Gasteiger partial charge in [0.1, 0.15) is 11.5 Å². The van der Waals surface area contributed by atoms with Crippen LogP contribution in [0.15, 0.2) is 18.3 Å². The predicted molar refractivity (Wildman–Crippen MR) is 48.2 cm³/mol. The molecule has 0 unspecified atom stereocenters. The first-order valence-electron chi connectivity index (χ1n) is 4.17. The van der Waals surface area contributed by atoms with Crippen molar-refractivity contribution in [1.82, 2.24) is 10.3 Å². The number of hydrogen-bond donors (Lipinski definition) is 2. The summed E-state index contributed by atoms with van der Waals surface area (Å²) in [6, 6.07) is 2.44. The summed E-state index contributed by atoms with van der Waals surface area (Å²) in [5, 5.41) is 11.3. The molecule has 0 aromatic carbocycles. The fourth-order valence-electron chi connectivity index (χ4n) is 0.841. The molecule has 0 saturated heterocycles. The van der Waals surface area contributed by atoms with Crippen LogP contribution in [0, 0.1) is 5.82 Å². The quantitative estimate of drug-likeness (QED) is 0.735. The van der Waals surface area contributed by atoms with E-state index in [4.69, 9.17) is 5.11 Å². The first kappa shape index (κ1) is 10.6. The van der Waals surface area contributed by atoms with Gasteiger partial charge in [0.25, 0.3) is 5.91 Å². The summed E-state index contributed by atoms with van der Waals surface area (Å²) in [6.07, 6.45) is 0.358. The fourth-order valence-corrected chi connectivity index (χ4v) is 0.841. The lowest BCUT2D eigenvalue weighted by Crippen LogP contribution is -2.31. The number of aliphatic hydroxyl groups is 1. The minimum Gasteiger partial charge on any atom is -0.392 e. The number of nitrogens with zero attached hydrogens (tertiary/aromatic N) is 1. The summed E-state index contributed by atoms with van der Waals surface area (Å²) in [5.41, 5.74) is 0.132. The van der Waals surface area contributed by atoms with Gasteiger partial charge in [-0.25, -0.2) is 9.37 Å². The van der Waals surface area contributed by atoms with Crippen LogP contribution in [-0.2, 0) is 0 Å². The largest absolute Gasteiger partial charge is 0.392 e. The molecule has 0 aliphatic carbocycles. The second-order valence-electron chi connectivity index (χ2n) is 2.92. The van der Waals surface area contributed by atoms with Crippen LogP contribution >= 0.6 is 0 Å². The molecule has 5 heteroatoms. The Kier molecular flexibility index (Phi) is 3.53. The van der Waals surface area contributed by atoms with Crippen molar-refractivity contribution in [2.45, 2.75) is 13.0 Å². The molecule has 0 aliphatic rings. The third-order valence-corrected chi connectivity index (χ3v) is 1.52. The minimum atomic E-state index is -0.612. The van der Waals surface area contributed by atoms with E-state index in [0.717, 1.165) is 12.3 Å². The third-order valence-electron chi connectivity index (χ3n) is 1.52. The molecule has 1 aromatic rings. The highest BCUT2D eigenvalue weighted by molar-refractivity contribution is 5.92. The Morgan fingerprint density at radius 3 is 2.93 bits per heavy atom. The van der Waals surface area contributed by atoms with Crippen molar-refractivity contribution in [1.29, 1.82) is 0 Å². The van der Waals surface area contributed by atoms with E-state index in [9.17, 15) is 9.18 Å². The number of nitrogens with one attached hydrogen (secondary N) is 1. The van der Waals surface area contributed by atoms with Crippen LogP contribution in [0.2, 0.25) is 0 Å². The molecule has 0 spiro atoms. The van der Waals surface area contributed by atoms with Crippen LogP contribution in [0.1, 0.15) is 17.4 Å². The van der Waals surface area contributed by atoms with Crippen molar-refractivity contribution in [3.63, 3.8) is 0 Å². The van der Waals surface area contributed by atoms with Gasteiger partial charge in [0.05, 0.1) is 12.3 Å². The van der Waals surface area contributed by atoms with E-state index >= 15 is 0 Å². The van der Waals surface area contributed by atoms with Gasteiger partial charge in [0.2, 0.25) is 0 Å². The molecule has 0 fully saturated rings. The van der Waals surface area contributed by atoms with Crippen LogP contribution in [0.3, 0.4) is 0 Å². The Bertz CT molecular complexity index is 311. The molecular weight excluding hydrogens is 187 g/mol. The smallest absolute Gasteiger partial charge is 0.269 e. The Labute approximate surface area is 80.8 Å². The van der Waals surface area contributed by atoms with E-state index in [1.54, 1.807) is 6.92 Å². The Hall–Kier alpha value is -1.49. The van der Waals surface area contributed by atoms with Crippen molar-refractivity contribution in [3.05, 3.63) is 29.8 Å². The lowest BCUT2D eigenvalue weighted by atomic mass is 10.3. The highest BCUT2D eigenvalue weighted by Crippen LogP contribution is 1.97. The molecule has 1 amide bonds. The van der Waals surface area contributed by atoms with Gasteiger partial charge in [0, 0.05) is 6.54 Å². The summed E-state index contributed by atoms with van der Waals surface area (Å²) in [5.74, 6) is -0.914. The Morgan fingerprint density at radius 2 is 2.43 bits per heavy atom. The van der Waals surface area contributed by atoms with Crippen LogP contribution in [0.25, 0.3) is 0 Å². The van der Waals surface area contributed by atoms with Crippen molar-refractivity contribution in [2.75, 3.05) is 6.54 Å². The second-order valence-corrected chi connectivity index (χ2v) is 2.92. The summed E-state index contributed by atoms with van der Waals surface area (Å²) in [4.78, 5) is 14.8. The van der Waals surface area contributed by atoms with Crippen molar-refractivity contribution < 1.29 is 14.3 Å². The maximum Gasteiger partial charge on any atom is 0.269 e. The van der Waals surface area contributed by atoms with Crippen LogP contribution in [0.4, 0.5) is 4.39 Å². The minimum absolute atomic E-state index is 0.132. The zero-order chi connectivity index (χ0) is 10.6. The van der Waals surface area contributed by atoms with E-state index in [1.807, 2.05) is 0 Å². The van der Waals surface area contributed by atoms with Gasteiger partial charge >= 0.3 is 0 Å². The average molecular weight is 198 g/mol. The van der Waals surface area contributed by atoms with Gasteiger partial charge in [-0.2, -0.15) is 0 Å². The first-order valence-corrected chi connectivity index (χ1v) is 4.17. The highest BCUT2D eigenvalue weighted by atomic mass is 19.1. The van der Waals surface area contributed by atoms with E-state index in [1.165, 1.54) is 6.07 Å². The number of aromatic nitrogens is 1. The molecule has 1 atom stereocenters. The van der Waals surface area contributed by atoms with E-state index < -0.39 is 17.8 Å². The number of pyridine rings is 1. The van der Waals surface area contributed by atoms with E-state index in [-0.39, 0.29) is 12.2 Å². The second kappa shape index (κ2) is 4.66. The lowest BCUT2D eigenvalue weighted by Gasteiger charge is -2.05. The average Bonchev–Trinajstić information content (AvgIpc) is 2.15. The van der Waals surface area contributed by atoms with Crippen molar-refractivity contribution in [2.24, 2.45) is 0 Å². The number of aliphatic hydroxyl groups excluding tert-OH is 1. The zero-order valence-electron chi connectivity index (χ0n) is 7.70. The lowest BCUT2D eigenvalue weighted by molar-refractivity contribution is 0.0919. The monoisotopic (exact) mass is 198 g/mol. The maximum atomic E-state index is 12.4. The van der Waals surface area contributed by atoms with Gasteiger partial charge in [-0.05, 0) is 19.1 Å². The molecule has 1 heterocycles. The normalized spacial score (nSPS) is 12.2. The van der Waals surface area contributed by atoms with Gasteiger partial charge in [-0.15, -0.1) is 0 Å². The molecule has 14 heavy (non-hydrogen) atoms. The maximum absolute atomic E-state index is 12.4. The van der Waals surface area contributed by atoms with Gasteiger partial charge in [-0.1, -0.05) is 0 Å². The third kappa shape index (κ3) is 3.10. The van der Waals surface area contributed by atoms with Crippen LogP contribution in [0.5, 0.6) is 0 Å². The van der Waals surface area contributed by atoms with Gasteiger partial charge in [0.15, 0.2) is 0 Å². The number of amides is 1. The molecule has 0 bridgehead atoms. The number of hydrogen-bond acceptors (Lipinski definition) is 3. The molecule has 0 radical (unpaired) electrons. The van der Waals surface area contributed by atoms with E-state index in [2.05, 4.69) is 10.3 Å². The zero-order valence-corrected chi connectivity index (χ0v) is 7.70. The molecular formula is C9H11FN2O2. The Balaban J connectivity index is 2.57. The van der Waals surface area contributed by atoms with Crippen LogP contribution < -0.4 is 5.32 Å². The molecule has 1 aromatic heterocycles.